The van der Waals surface area contributed by atoms with Crippen molar-refractivity contribution in [2.75, 3.05) is 13.1 Å². The fraction of sp³-hybridized carbons (Fsp3) is 0.533. The first-order valence-corrected chi connectivity index (χ1v) is 7.83. The Balaban J connectivity index is 1.75. The molecule has 0 radical (unpaired) electrons. The van der Waals surface area contributed by atoms with Gasteiger partial charge in [0.25, 0.3) is 5.91 Å². The molecule has 1 aliphatic carbocycles. The van der Waals surface area contributed by atoms with Gasteiger partial charge in [-0.05, 0) is 49.3 Å². The molecule has 1 unspecified atom stereocenters. The van der Waals surface area contributed by atoms with E-state index in [9.17, 15) is 9.18 Å². The molecule has 2 fully saturated rings. The molecule has 5 heteroatoms. The van der Waals surface area contributed by atoms with Gasteiger partial charge in [-0.25, -0.2) is 4.39 Å². The molecule has 3 rings (SSSR count). The Hall–Kier alpha value is -0.940. The number of amides is 1. The van der Waals surface area contributed by atoms with Crippen LogP contribution in [-0.4, -0.2) is 29.9 Å². The molecule has 1 saturated heterocycles. The molecule has 20 heavy (non-hydrogen) atoms. The third-order valence-electron chi connectivity index (χ3n) is 4.49. The van der Waals surface area contributed by atoms with Crippen LogP contribution in [0.15, 0.2) is 22.7 Å². The monoisotopic (exact) mass is 340 g/mol. The van der Waals surface area contributed by atoms with Crippen molar-refractivity contribution in [3.8, 4) is 0 Å². The van der Waals surface area contributed by atoms with Crippen LogP contribution in [0.4, 0.5) is 4.39 Å². The molecule has 1 aliphatic heterocycles. The first kappa shape index (κ1) is 14.0. The summed E-state index contributed by atoms with van der Waals surface area (Å²) in [5.74, 6) is 0.616. The van der Waals surface area contributed by atoms with E-state index >= 15 is 0 Å². The van der Waals surface area contributed by atoms with Gasteiger partial charge in [-0.15, -0.1) is 0 Å². The van der Waals surface area contributed by atoms with Crippen LogP contribution in [0.5, 0.6) is 0 Å². The zero-order chi connectivity index (χ0) is 14.3. The Morgan fingerprint density at radius 2 is 2.00 bits per heavy atom. The third kappa shape index (κ3) is 2.74. The quantitative estimate of drug-likeness (QED) is 0.854. The predicted octanol–water partition coefficient (Wildman–Crippen LogP) is 2.79. The van der Waals surface area contributed by atoms with Gasteiger partial charge in [0.2, 0.25) is 0 Å². The highest BCUT2D eigenvalue weighted by molar-refractivity contribution is 9.10. The summed E-state index contributed by atoms with van der Waals surface area (Å²) >= 11 is 3.23. The lowest BCUT2D eigenvalue weighted by atomic mass is 9.79. The van der Waals surface area contributed by atoms with Gasteiger partial charge in [-0.3, -0.25) is 4.79 Å². The maximum atomic E-state index is 13.4. The van der Waals surface area contributed by atoms with Crippen molar-refractivity contribution in [1.29, 1.82) is 0 Å². The molecule has 0 spiro atoms. The minimum atomic E-state index is -0.388. The Morgan fingerprint density at radius 1 is 1.25 bits per heavy atom. The number of hydrogen-bond acceptors (Lipinski definition) is 2. The number of nitrogens with two attached hydrogens (primary N) is 1. The number of rotatable bonds is 1. The van der Waals surface area contributed by atoms with Crippen LogP contribution in [0.3, 0.4) is 0 Å². The van der Waals surface area contributed by atoms with E-state index in [0.717, 1.165) is 32.4 Å². The Labute approximate surface area is 126 Å². The number of fused-ring (bicyclic) bond motifs is 1. The predicted molar refractivity (Wildman–Crippen MR) is 78.8 cm³/mol. The summed E-state index contributed by atoms with van der Waals surface area (Å²) in [6.07, 6.45) is 3.15. The van der Waals surface area contributed by atoms with E-state index in [4.69, 9.17) is 5.73 Å². The summed E-state index contributed by atoms with van der Waals surface area (Å²) in [4.78, 5) is 14.3. The summed E-state index contributed by atoms with van der Waals surface area (Å²) < 4.78 is 14.0. The fourth-order valence-corrected chi connectivity index (χ4v) is 3.96. The summed E-state index contributed by atoms with van der Waals surface area (Å²) in [6.45, 7) is 1.54. The van der Waals surface area contributed by atoms with Gasteiger partial charge in [0.15, 0.2) is 0 Å². The molecule has 1 saturated carbocycles. The van der Waals surface area contributed by atoms with E-state index in [0.29, 0.717) is 21.9 Å². The second-order valence-corrected chi connectivity index (χ2v) is 6.88. The van der Waals surface area contributed by atoms with E-state index in [-0.39, 0.29) is 17.8 Å². The molecule has 0 aromatic heterocycles. The zero-order valence-corrected chi connectivity index (χ0v) is 12.8. The summed E-state index contributed by atoms with van der Waals surface area (Å²) in [7, 11) is 0. The SMILES string of the molecule is NC1CC[C@@H]2CN(C(=O)c3cc(F)cc(Br)c3)C[C@@H]2C1. The largest absolute Gasteiger partial charge is 0.338 e. The number of halogens is 2. The smallest absolute Gasteiger partial charge is 0.254 e. The second-order valence-electron chi connectivity index (χ2n) is 5.96. The summed E-state index contributed by atoms with van der Waals surface area (Å²) in [6, 6.07) is 4.62. The standard InChI is InChI=1S/C15H18BrFN2O/c16-12-3-10(4-13(17)6-12)15(20)19-7-9-1-2-14(18)5-11(9)8-19/h3-4,6,9,11,14H,1-2,5,7-8,18H2/t9-,11+,14?/m1/s1. The number of benzene rings is 1. The Kier molecular flexibility index (Phi) is 3.82. The van der Waals surface area contributed by atoms with Gasteiger partial charge >= 0.3 is 0 Å². The second kappa shape index (κ2) is 5.45. The van der Waals surface area contributed by atoms with E-state index in [1.807, 2.05) is 4.90 Å². The Morgan fingerprint density at radius 3 is 2.75 bits per heavy atom. The van der Waals surface area contributed by atoms with Crippen molar-refractivity contribution in [2.24, 2.45) is 17.6 Å². The van der Waals surface area contributed by atoms with Gasteiger partial charge in [0.1, 0.15) is 5.82 Å². The first-order chi connectivity index (χ1) is 9.52. The van der Waals surface area contributed by atoms with Crippen molar-refractivity contribution in [2.45, 2.75) is 25.3 Å². The minimum Gasteiger partial charge on any atom is -0.338 e. The van der Waals surface area contributed by atoms with Gasteiger partial charge < -0.3 is 10.6 Å². The van der Waals surface area contributed by atoms with Crippen LogP contribution < -0.4 is 5.73 Å². The van der Waals surface area contributed by atoms with Gasteiger partial charge in [-0.2, -0.15) is 0 Å². The normalized spacial score (nSPS) is 29.4. The lowest BCUT2D eigenvalue weighted by Crippen LogP contribution is -2.32. The summed E-state index contributed by atoms with van der Waals surface area (Å²) in [5, 5.41) is 0. The van der Waals surface area contributed by atoms with Crippen LogP contribution in [0, 0.1) is 17.7 Å². The molecular formula is C15H18BrFN2O. The molecule has 2 N–H and O–H groups in total. The number of hydrogen-bond donors (Lipinski definition) is 1. The molecule has 108 valence electrons. The highest BCUT2D eigenvalue weighted by atomic mass is 79.9. The fourth-order valence-electron chi connectivity index (χ4n) is 3.49. The van der Waals surface area contributed by atoms with Crippen molar-refractivity contribution in [3.05, 3.63) is 34.1 Å². The first-order valence-electron chi connectivity index (χ1n) is 7.04. The third-order valence-corrected chi connectivity index (χ3v) is 4.94. The Bertz CT molecular complexity index is 516. The van der Waals surface area contributed by atoms with E-state index < -0.39 is 0 Å². The highest BCUT2D eigenvalue weighted by Crippen LogP contribution is 2.36. The van der Waals surface area contributed by atoms with Crippen LogP contribution in [0.25, 0.3) is 0 Å². The molecule has 3 atom stereocenters. The maximum Gasteiger partial charge on any atom is 0.254 e. The minimum absolute atomic E-state index is 0.0758. The van der Waals surface area contributed by atoms with Crippen LogP contribution in [-0.2, 0) is 0 Å². The highest BCUT2D eigenvalue weighted by Gasteiger charge is 2.38. The van der Waals surface area contributed by atoms with Crippen LogP contribution >= 0.6 is 15.9 Å². The number of likely N-dealkylation sites (tertiary alicyclic amines) is 1. The zero-order valence-electron chi connectivity index (χ0n) is 11.2. The van der Waals surface area contributed by atoms with Crippen LogP contribution in [0.2, 0.25) is 0 Å². The summed E-state index contributed by atoms with van der Waals surface area (Å²) in [5.41, 5.74) is 6.42. The average molecular weight is 341 g/mol. The van der Waals surface area contributed by atoms with Crippen molar-refractivity contribution >= 4 is 21.8 Å². The molecule has 2 aliphatic rings. The van der Waals surface area contributed by atoms with Crippen molar-refractivity contribution in [3.63, 3.8) is 0 Å². The van der Waals surface area contributed by atoms with Gasteiger partial charge in [0, 0.05) is 29.2 Å². The molecule has 1 aromatic rings. The molecule has 1 heterocycles. The number of carbonyl (C=O) groups excluding carboxylic acids is 1. The lowest BCUT2D eigenvalue weighted by Gasteiger charge is -2.27. The molecule has 3 nitrogen and oxygen atoms in total. The number of carbonyl (C=O) groups is 1. The van der Waals surface area contributed by atoms with Gasteiger partial charge in [0.05, 0.1) is 0 Å². The molecule has 0 bridgehead atoms. The number of nitrogens with zero attached hydrogens (tertiary/aromatic N) is 1. The molecular weight excluding hydrogens is 323 g/mol. The van der Waals surface area contributed by atoms with Crippen LogP contribution in [0.1, 0.15) is 29.6 Å². The average Bonchev–Trinajstić information content (AvgIpc) is 2.79. The van der Waals surface area contributed by atoms with E-state index in [2.05, 4.69) is 15.9 Å². The maximum absolute atomic E-state index is 13.4. The topological polar surface area (TPSA) is 46.3 Å². The molecule has 1 amide bonds. The van der Waals surface area contributed by atoms with Crippen molar-refractivity contribution < 1.29 is 9.18 Å². The van der Waals surface area contributed by atoms with E-state index in [1.54, 1.807) is 6.07 Å². The van der Waals surface area contributed by atoms with Gasteiger partial charge in [-0.1, -0.05) is 15.9 Å². The molecule has 1 aromatic carbocycles. The lowest BCUT2D eigenvalue weighted by molar-refractivity contribution is 0.0783. The van der Waals surface area contributed by atoms with E-state index in [1.165, 1.54) is 12.1 Å². The van der Waals surface area contributed by atoms with Crippen molar-refractivity contribution in [1.82, 2.24) is 4.90 Å².